The number of rotatable bonds is 7. The predicted octanol–water partition coefficient (Wildman–Crippen LogP) is 0.860. The van der Waals surface area contributed by atoms with E-state index in [1.807, 2.05) is 13.8 Å². The highest BCUT2D eigenvalue weighted by Crippen LogP contribution is 2.07. The van der Waals surface area contributed by atoms with Gasteiger partial charge >= 0.3 is 0 Å². The molecule has 1 aromatic rings. The van der Waals surface area contributed by atoms with Crippen molar-refractivity contribution in [3.05, 3.63) is 24.2 Å². The van der Waals surface area contributed by atoms with E-state index < -0.39 is 16.1 Å². The van der Waals surface area contributed by atoms with Crippen LogP contribution in [0.4, 0.5) is 0 Å². The van der Waals surface area contributed by atoms with E-state index >= 15 is 0 Å². The molecule has 0 spiro atoms. The first-order valence-electron chi connectivity index (χ1n) is 6.05. The summed E-state index contributed by atoms with van der Waals surface area (Å²) in [6.07, 6.45) is 3.00. The molecule has 1 aromatic heterocycles. The Bertz CT molecular complexity index is 494. The number of carbonyl (C=O) groups is 1. The molecular formula is C12H20N2O4S. The summed E-state index contributed by atoms with van der Waals surface area (Å²) in [7, 11) is -3.42. The van der Waals surface area contributed by atoms with Crippen LogP contribution in [0.5, 0.6) is 0 Å². The van der Waals surface area contributed by atoms with E-state index in [0.717, 1.165) is 6.26 Å². The largest absolute Gasteiger partial charge is 0.467 e. The zero-order valence-electron chi connectivity index (χ0n) is 11.3. The lowest BCUT2D eigenvalue weighted by molar-refractivity contribution is -0.123. The summed E-state index contributed by atoms with van der Waals surface area (Å²) < 4.78 is 29.9. The van der Waals surface area contributed by atoms with Gasteiger partial charge in [-0.15, -0.1) is 0 Å². The second-order valence-corrected chi connectivity index (χ2v) is 6.65. The number of hydrogen-bond donors (Lipinski definition) is 2. The van der Waals surface area contributed by atoms with Crippen molar-refractivity contribution in [2.75, 3.05) is 6.26 Å². The highest BCUT2D eigenvalue weighted by atomic mass is 32.2. The minimum atomic E-state index is -3.42. The Hall–Kier alpha value is -1.34. The van der Waals surface area contributed by atoms with Crippen LogP contribution in [-0.4, -0.2) is 26.6 Å². The van der Waals surface area contributed by atoms with Gasteiger partial charge in [0.25, 0.3) is 0 Å². The van der Waals surface area contributed by atoms with Gasteiger partial charge < -0.3 is 9.73 Å². The number of nitrogens with one attached hydrogen (secondary N) is 2. The smallest absolute Gasteiger partial charge is 0.238 e. The number of sulfonamides is 1. The molecule has 2 N–H and O–H groups in total. The van der Waals surface area contributed by atoms with Crippen molar-refractivity contribution in [2.24, 2.45) is 5.92 Å². The maximum atomic E-state index is 12.0. The maximum Gasteiger partial charge on any atom is 0.238 e. The highest BCUT2D eigenvalue weighted by Gasteiger charge is 2.22. The lowest BCUT2D eigenvalue weighted by atomic mass is 10.0. The number of carbonyl (C=O) groups excluding carboxylic acids is 1. The van der Waals surface area contributed by atoms with Crippen molar-refractivity contribution in [1.82, 2.24) is 10.0 Å². The summed E-state index contributed by atoms with van der Waals surface area (Å²) >= 11 is 0. The van der Waals surface area contributed by atoms with Crippen molar-refractivity contribution in [1.29, 1.82) is 0 Å². The van der Waals surface area contributed by atoms with Gasteiger partial charge in [-0.2, -0.15) is 0 Å². The summed E-state index contributed by atoms with van der Waals surface area (Å²) in [5.41, 5.74) is 0. The third-order valence-corrected chi connectivity index (χ3v) is 3.11. The highest BCUT2D eigenvalue weighted by molar-refractivity contribution is 7.88. The third kappa shape index (κ3) is 6.40. The van der Waals surface area contributed by atoms with Gasteiger partial charge in [0, 0.05) is 0 Å². The van der Waals surface area contributed by atoms with Crippen molar-refractivity contribution in [3.8, 4) is 0 Å². The molecular weight excluding hydrogens is 268 g/mol. The summed E-state index contributed by atoms with van der Waals surface area (Å²) in [5.74, 6) is 0.472. The van der Waals surface area contributed by atoms with Crippen LogP contribution in [0, 0.1) is 5.92 Å². The first-order valence-corrected chi connectivity index (χ1v) is 7.94. The molecule has 0 radical (unpaired) electrons. The van der Waals surface area contributed by atoms with Crippen LogP contribution in [0.2, 0.25) is 0 Å². The van der Waals surface area contributed by atoms with Gasteiger partial charge in [-0.1, -0.05) is 13.8 Å². The fourth-order valence-corrected chi connectivity index (χ4v) is 2.37. The zero-order valence-corrected chi connectivity index (χ0v) is 12.2. The molecule has 0 bridgehead atoms. The second kappa shape index (κ2) is 6.72. The lowest BCUT2D eigenvalue weighted by Crippen LogP contribution is -2.46. The third-order valence-electron chi connectivity index (χ3n) is 2.40. The number of amides is 1. The molecule has 19 heavy (non-hydrogen) atoms. The van der Waals surface area contributed by atoms with E-state index in [9.17, 15) is 13.2 Å². The molecule has 1 amide bonds. The average Bonchev–Trinajstić information content (AvgIpc) is 2.75. The Morgan fingerprint density at radius 1 is 1.42 bits per heavy atom. The molecule has 0 aliphatic carbocycles. The second-order valence-electron chi connectivity index (χ2n) is 4.87. The molecule has 0 saturated carbocycles. The SMILES string of the molecule is CC(C)C[C@H](NS(C)(=O)=O)C(=O)NCc1ccco1. The molecule has 7 heteroatoms. The van der Waals surface area contributed by atoms with Crippen molar-refractivity contribution < 1.29 is 17.6 Å². The van der Waals surface area contributed by atoms with Gasteiger partial charge in [-0.3, -0.25) is 4.79 Å². The zero-order chi connectivity index (χ0) is 14.5. The fraction of sp³-hybridized carbons (Fsp3) is 0.583. The quantitative estimate of drug-likeness (QED) is 0.779. The first-order chi connectivity index (χ1) is 8.78. The summed E-state index contributed by atoms with van der Waals surface area (Å²) in [4.78, 5) is 12.0. The van der Waals surface area contributed by atoms with Gasteiger partial charge in [-0.25, -0.2) is 13.1 Å². The Balaban J connectivity index is 2.60. The molecule has 0 aromatic carbocycles. The summed E-state index contributed by atoms with van der Waals surface area (Å²) in [6, 6.07) is 2.70. The van der Waals surface area contributed by atoms with Crippen LogP contribution in [-0.2, 0) is 21.4 Å². The minimum absolute atomic E-state index is 0.202. The lowest BCUT2D eigenvalue weighted by Gasteiger charge is -2.18. The summed E-state index contributed by atoms with van der Waals surface area (Å²) in [5, 5.41) is 2.65. The van der Waals surface area contributed by atoms with Crippen molar-refractivity contribution in [2.45, 2.75) is 32.9 Å². The van der Waals surface area contributed by atoms with E-state index in [4.69, 9.17) is 4.42 Å². The van der Waals surface area contributed by atoms with E-state index in [0.29, 0.717) is 12.2 Å². The van der Waals surface area contributed by atoms with Gasteiger partial charge in [0.15, 0.2) is 0 Å². The van der Waals surface area contributed by atoms with Crippen LogP contribution < -0.4 is 10.0 Å². The predicted molar refractivity (Wildman–Crippen MR) is 71.8 cm³/mol. The molecule has 0 saturated heterocycles. The Labute approximate surface area is 113 Å². The van der Waals surface area contributed by atoms with Crippen LogP contribution in [0.1, 0.15) is 26.0 Å². The number of hydrogen-bond acceptors (Lipinski definition) is 4. The van der Waals surface area contributed by atoms with Crippen molar-refractivity contribution >= 4 is 15.9 Å². The topological polar surface area (TPSA) is 88.4 Å². The Morgan fingerprint density at radius 3 is 2.58 bits per heavy atom. The first kappa shape index (κ1) is 15.7. The normalized spacial score (nSPS) is 13.5. The molecule has 0 fully saturated rings. The van der Waals surface area contributed by atoms with E-state index in [1.54, 1.807) is 12.1 Å². The molecule has 1 rings (SSSR count). The molecule has 0 aliphatic rings. The van der Waals surface area contributed by atoms with Crippen LogP contribution in [0.15, 0.2) is 22.8 Å². The molecule has 6 nitrogen and oxygen atoms in total. The molecule has 108 valence electrons. The molecule has 0 unspecified atom stereocenters. The van der Waals surface area contributed by atoms with E-state index in [2.05, 4.69) is 10.0 Å². The van der Waals surface area contributed by atoms with Crippen LogP contribution in [0.25, 0.3) is 0 Å². The van der Waals surface area contributed by atoms with Gasteiger partial charge in [0.2, 0.25) is 15.9 Å². The van der Waals surface area contributed by atoms with Crippen LogP contribution in [0.3, 0.4) is 0 Å². The molecule has 0 aliphatic heterocycles. The van der Waals surface area contributed by atoms with Gasteiger partial charge in [0.1, 0.15) is 11.8 Å². The monoisotopic (exact) mass is 288 g/mol. The van der Waals surface area contributed by atoms with E-state index in [-0.39, 0.29) is 18.4 Å². The van der Waals surface area contributed by atoms with Crippen LogP contribution >= 0.6 is 0 Å². The fourth-order valence-electron chi connectivity index (χ4n) is 1.65. The average molecular weight is 288 g/mol. The van der Waals surface area contributed by atoms with E-state index in [1.165, 1.54) is 6.26 Å². The Morgan fingerprint density at radius 2 is 2.11 bits per heavy atom. The Kier molecular flexibility index (Phi) is 5.56. The maximum absolute atomic E-state index is 12.0. The van der Waals surface area contributed by atoms with Gasteiger partial charge in [-0.05, 0) is 24.5 Å². The minimum Gasteiger partial charge on any atom is -0.467 e. The summed E-state index contributed by atoms with van der Waals surface area (Å²) in [6.45, 7) is 4.10. The standard InChI is InChI=1S/C12H20N2O4S/c1-9(2)7-11(14-19(3,16)17)12(15)13-8-10-5-4-6-18-10/h4-6,9,11,14H,7-8H2,1-3H3,(H,13,15)/t11-/m0/s1. The number of furan rings is 1. The molecule has 1 atom stereocenters. The van der Waals surface area contributed by atoms with Crippen molar-refractivity contribution in [3.63, 3.8) is 0 Å². The molecule has 1 heterocycles. The van der Waals surface area contributed by atoms with Gasteiger partial charge in [0.05, 0.1) is 19.1 Å².